The number of rotatable bonds is 3. The van der Waals surface area contributed by atoms with Gasteiger partial charge < -0.3 is 4.90 Å². The van der Waals surface area contributed by atoms with Gasteiger partial charge in [0.2, 0.25) is 5.91 Å². The van der Waals surface area contributed by atoms with Crippen LogP contribution < -0.4 is 0 Å². The van der Waals surface area contributed by atoms with E-state index in [0.29, 0.717) is 23.9 Å². The Morgan fingerprint density at radius 1 is 0.920 bits per heavy atom. The highest BCUT2D eigenvalue weighted by molar-refractivity contribution is 5.78. The quantitative estimate of drug-likeness (QED) is 0.779. The molecule has 2 heterocycles. The molecule has 0 aliphatic carbocycles. The van der Waals surface area contributed by atoms with Gasteiger partial charge in [-0.15, -0.1) is 0 Å². The van der Waals surface area contributed by atoms with Crippen molar-refractivity contribution in [2.45, 2.75) is 78.8 Å². The van der Waals surface area contributed by atoms with E-state index in [4.69, 9.17) is 0 Å². The SMILES string of the molecule is CN(CC(=O)N1CCC(C(C)(C)C)CC1)C1CCN(C(C)(C)C)CC1. The van der Waals surface area contributed by atoms with Crippen molar-refractivity contribution in [2.75, 3.05) is 39.8 Å². The van der Waals surface area contributed by atoms with Crippen LogP contribution in [0.5, 0.6) is 0 Å². The third-order valence-electron chi connectivity index (χ3n) is 6.49. The number of hydrogen-bond acceptors (Lipinski definition) is 3. The van der Waals surface area contributed by atoms with E-state index < -0.39 is 0 Å². The summed E-state index contributed by atoms with van der Waals surface area (Å²) in [5.74, 6) is 1.07. The Kier molecular flexibility index (Phi) is 6.59. The topological polar surface area (TPSA) is 26.8 Å². The number of likely N-dealkylation sites (N-methyl/N-ethyl adjacent to an activating group) is 1. The van der Waals surface area contributed by atoms with E-state index in [1.54, 1.807) is 0 Å². The lowest BCUT2D eigenvalue weighted by molar-refractivity contribution is -0.134. The molecular formula is C21H41N3O. The average molecular weight is 352 g/mol. The van der Waals surface area contributed by atoms with Crippen LogP contribution in [0.25, 0.3) is 0 Å². The van der Waals surface area contributed by atoms with Gasteiger partial charge in [-0.2, -0.15) is 0 Å². The fraction of sp³-hybridized carbons (Fsp3) is 0.952. The normalized spacial score (nSPS) is 22.6. The highest BCUT2D eigenvalue weighted by Gasteiger charge is 2.32. The summed E-state index contributed by atoms with van der Waals surface area (Å²) in [6, 6.07) is 0.551. The molecule has 2 aliphatic heterocycles. The van der Waals surface area contributed by atoms with Gasteiger partial charge in [0, 0.05) is 37.8 Å². The smallest absolute Gasteiger partial charge is 0.236 e. The van der Waals surface area contributed by atoms with Crippen LogP contribution in [0.2, 0.25) is 0 Å². The zero-order chi connectivity index (χ0) is 18.8. The summed E-state index contributed by atoms with van der Waals surface area (Å²) in [4.78, 5) is 19.7. The van der Waals surface area contributed by atoms with Crippen LogP contribution >= 0.6 is 0 Å². The van der Waals surface area contributed by atoms with Crippen LogP contribution in [0.15, 0.2) is 0 Å². The molecule has 4 heteroatoms. The number of piperidine rings is 2. The van der Waals surface area contributed by atoms with Gasteiger partial charge >= 0.3 is 0 Å². The number of carbonyl (C=O) groups is 1. The summed E-state index contributed by atoms with van der Waals surface area (Å²) in [7, 11) is 2.14. The molecule has 0 aromatic heterocycles. The first kappa shape index (κ1) is 20.7. The molecule has 0 unspecified atom stereocenters. The minimum atomic E-state index is 0.261. The molecule has 4 nitrogen and oxygen atoms in total. The molecule has 0 atom stereocenters. The standard InChI is InChI=1S/C21H41N3O/c1-20(2,3)17-8-12-23(13-9-17)19(25)16-22(7)18-10-14-24(15-11-18)21(4,5)6/h17-18H,8-16H2,1-7H3. The number of nitrogens with zero attached hydrogens (tertiary/aromatic N) is 3. The molecule has 2 fully saturated rings. The number of likely N-dealkylation sites (tertiary alicyclic amines) is 2. The van der Waals surface area contributed by atoms with Crippen LogP contribution in [0.1, 0.15) is 67.2 Å². The molecule has 146 valence electrons. The summed E-state index contributed by atoms with van der Waals surface area (Å²) in [5, 5.41) is 0. The van der Waals surface area contributed by atoms with Crippen molar-refractivity contribution in [1.82, 2.24) is 14.7 Å². The molecule has 1 amide bonds. The lowest BCUT2D eigenvalue weighted by Crippen LogP contribution is -2.52. The highest BCUT2D eigenvalue weighted by atomic mass is 16.2. The van der Waals surface area contributed by atoms with Crippen molar-refractivity contribution in [2.24, 2.45) is 11.3 Å². The predicted octanol–water partition coefficient (Wildman–Crippen LogP) is 3.47. The molecule has 0 radical (unpaired) electrons. The minimum Gasteiger partial charge on any atom is -0.342 e. The van der Waals surface area contributed by atoms with Crippen molar-refractivity contribution in [3.63, 3.8) is 0 Å². The van der Waals surface area contributed by atoms with Gasteiger partial charge in [0.25, 0.3) is 0 Å². The first-order valence-electron chi connectivity index (χ1n) is 10.2. The second-order valence-corrected chi connectivity index (χ2v) is 10.3. The Morgan fingerprint density at radius 2 is 1.44 bits per heavy atom. The second kappa shape index (κ2) is 7.96. The molecule has 2 aliphatic rings. The predicted molar refractivity (Wildman–Crippen MR) is 106 cm³/mol. The lowest BCUT2D eigenvalue weighted by atomic mass is 9.75. The van der Waals surface area contributed by atoms with Crippen LogP contribution in [-0.2, 0) is 4.79 Å². The fourth-order valence-electron chi connectivity index (χ4n) is 4.41. The Bertz CT molecular complexity index is 433. The average Bonchev–Trinajstić information content (AvgIpc) is 2.53. The maximum atomic E-state index is 12.7. The number of amides is 1. The Labute approximate surface area is 155 Å². The van der Waals surface area contributed by atoms with E-state index >= 15 is 0 Å². The number of hydrogen-bond donors (Lipinski definition) is 0. The van der Waals surface area contributed by atoms with E-state index in [1.807, 2.05) is 0 Å². The van der Waals surface area contributed by atoms with Crippen LogP contribution in [0, 0.1) is 11.3 Å². The zero-order valence-corrected chi connectivity index (χ0v) is 17.8. The Hall–Kier alpha value is -0.610. The van der Waals surface area contributed by atoms with Crippen molar-refractivity contribution in [3.8, 4) is 0 Å². The van der Waals surface area contributed by atoms with Crippen molar-refractivity contribution in [3.05, 3.63) is 0 Å². The highest BCUT2D eigenvalue weighted by Crippen LogP contribution is 2.34. The first-order valence-corrected chi connectivity index (χ1v) is 10.2. The maximum absolute atomic E-state index is 12.7. The van der Waals surface area contributed by atoms with Gasteiger partial charge in [0.05, 0.1) is 6.54 Å². The zero-order valence-electron chi connectivity index (χ0n) is 17.8. The summed E-state index contributed by atoms with van der Waals surface area (Å²) in [5.41, 5.74) is 0.629. The molecule has 0 N–H and O–H groups in total. The van der Waals surface area contributed by atoms with Crippen molar-refractivity contribution < 1.29 is 4.79 Å². The maximum Gasteiger partial charge on any atom is 0.236 e. The molecule has 25 heavy (non-hydrogen) atoms. The van der Waals surface area contributed by atoms with E-state index in [9.17, 15) is 4.79 Å². The third-order valence-corrected chi connectivity index (χ3v) is 6.49. The fourth-order valence-corrected chi connectivity index (χ4v) is 4.41. The first-order chi connectivity index (χ1) is 11.5. The molecule has 0 saturated carbocycles. The Balaban J connectivity index is 1.76. The summed E-state index contributed by atoms with van der Waals surface area (Å²) in [6.45, 7) is 18.6. The molecule has 0 aromatic rings. The summed E-state index contributed by atoms with van der Waals surface area (Å²) in [6.07, 6.45) is 4.66. The summed E-state index contributed by atoms with van der Waals surface area (Å²) >= 11 is 0. The summed E-state index contributed by atoms with van der Waals surface area (Å²) < 4.78 is 0. The van der Waals surface area contributed by atoms with E-state index in [-0.39, 0.29) is 5.54 Å². The largest absolute Gasteiger partial charge is 0.342 e. The van der Waals surface area contributed by atoms with Crippen molar-refractivity contribution in [1.29, 1.82) is 0 Å². The van der Waals surface area contributed by atoms with Crippen LogP contribution in [-0.4, -0.2) is 72.0 Å². The molecule has 2 saturated heterocycles. The molecule has 0 spiro atoms. The van der Waals surface area contributed by atoms with Crippen LogP contribution in [0.3, 0.4) is 0 Å². The second-order valence-electron chi connectivity index (χ2n) is 10.3. The van der Waals surface area contributed by atoms with E-state index in [1.165, 1.54) is 12.8 Å². The minimum absolute atomic E-state index is 0.261. The van der Waals surface area contributed by atoms with Gasteiger partial charge in [-0.3, -0.25) is 14.6 Å². The van der Waals surface area contributed by atoms with E-state index in [0.717, 1.165) is 44.9 Å². The van der Waals surface area contributed by atoms with Gasteiger partial charge in [-0.1, -0.05) is 20.8 Å². The Morgan fingerprint density at radius 3 is 1.88 bits per heavy atom. The molecule has 0 bridgehead atoms. The van der Waals surface area contributed by atoms with E-state index in [2.05, 4.69) is 63.3 Å². The monoisotopic (exact) mass is 351 g/mol. The number of carbonyl (C=O) groups excluding carboxylic acids is 1. The lowest BCUT2D eigenvalue weighted by Gasteiger charge is -2.43. The van der Waals surface area contributed by atoms with Gasteiger partial charge in [-0.05, 0) is 64.8 Å². The molecule has 2 rings (SSSR count). The third kappa shape index (κ3) is 5.68. The van der Waals surface area contributed by atoms with Crippen molar-refractivity contribution >= 4 is 5.91 Å². The van der Waals surface area contributed by atoms with Gasteiger partial charge in [-0.25, -0.2) is 0 Å². The van der Waals surface area contributed by atoms with Gasteiger partial charge in [0.15, 0.2) is 0 Å². The molecule has 0 aromatic carbocycles. The molecular weight excluding hydrogens is 310 g/mol. The van der Waals surface area contributed by atoms with Gasteiger partial charge in [0.1, 0.15) is 0 Å². The van der Waals surface area contributed by atoms with Crippen LogP contribution in [0.4, 0.5) is 0 Å².